The van der Waals surface area contributed by atoms with E-state index in [0.717, 1.165) is 0 Å². The van der Waals surface area contributed by atoms with Gasteiger partial charge in [-0.05, 0) is 25.0 Å². The smallest absolute Gasteiger partial charge is 0.339 e. The van der Waals surface area contributed by atoms with Gasteiger partial charge < -0.3 is 4.74 Å². The second-order valence-corrected chi connectivity index (χ2v) is 6.45. The highest BCUT2D eigenvalue weighted by atomic mass is 32.2. The third-order valence-corrected chi connectivity index (χ3v) is 5.37. The first-order valence-corrected chi connectivity index (χ1v) is 7.99. The Kier molecular flexibility index (Phi) is 5.71. The van der Waals surface area contributed by atoms with Crippen molar-refractivity contribution in [2.24, 2.45) is 0 Å². The maximum absolute atomic E-state index is 12.7. The lowest BCUT2D eigenvalue weighted by Gasteiger charge is -2.26. The van der Waals surface area contributed by atoms with Crippen LogP contribution in [0.1, 0.15) is 37.0 Å². The molecular formula is C14H21NO4S. The van der Waals surface area contributed by atoms with E-state index in [4.69, 9.17) is 0 Å². The van der Waals surface area contributed by atoms with Gasteiger partial charge in [0.1, 0.15) is 0 Å². The molecule has 0 radical (unpaired) electrons. The Balaban J connectivity index is 3.32. The fraction of sp³-hybridized carbons (Fsp3) is 0.500. The van der Waals surface area contributed by atoms with Gasteiger partial charge in [0, 0.05) is 13.1 Å². The summed E-state index contributed by atoms with van der Waals surface area (Å²) in [6.45, 7) is 3.87. The van der Waals surface area contributed by atoms with Crippen molar-refractivity contribution in [3.63, 3.8) is 0 Å². The van der Waals surface area contributed by atoms with E-state index in [1.807, 2.05) is 13.8 Å². The summed E-state index contributed by atoms with van der Waals surface area (Å²) in [5.74, 6) is -0.651. The Bertz CT molecular complexity index is 564. The van der Waals surface area contributed by atoms with Crippen LogP contribution in [0.4, 0.5) is 0 Å². The highest BCUT2D eigenvalue weighted by Crippen LogP contribution is 2.23. The first-order chi connectivity index (χ1) is 9.39. The fourth-order valence-corrected chi connectivity index (χ4v) is 3.81. The third kappa shape index (κ3) is 3.19. The van der Waals surface area contributed by atoms with Crippen LogP contribution in [0.3, 0.4) is 0 Å². The zero-order chi connectivity index (χ0) is 15.3. The van der Waals surface area contributed by atoms with Crippen molar-refractivity contribution >= 4 is 16.0 Å². The molecule has 0 saturated heterocycles. The highest BCUT2D eigenvalue weighted by Gasteiger charge is 2.29. The molecule has 0 aromatic heterocycles. The molecule has 5 nitrogen and oxygen atoms in total. The molecule has 0 amide bonds. The molecule has 0 saturated carbocycles. The van der Waals surface area contributed by atoms with Crippen molar-refractivity contribution in [1.82, 2.24) is 4.31 Å². The summed E-state index contributed by atoms with van der Waals surface area (Å²) in [4.78, 5) is 11.7. The average Bonchev–Trinajstić information content (AvgIpc) is 2.47. The van der Waals surface area contributed by atoms with Crippen molar-refractivity contribution in [3.05, 3.63) is 29.8 Å². The molecule has 0 bridgehead atoms. The van der Waals surface area contributed by atoms with Gasteiger partial charge in [0.2, 0.25) is 10.0 Å². The largest absolute Gasteiger partial charge is 0.465 e. The molecule has 0 atom stereocenters. The van der Waals surface area contributed by atoms with Gasteiger partial charge in [-0.1, -0.05) is 26.0 Å². The van der Waals surface area contributed by atoms with Crippen LogP contribution in [-0.4, -0.2) is 38.9 Å². The molecule has 1 aromatic carbocycles. The first kappa shape index (κ1) is 16.7. The van der Waals surface area contributed by atoms with Crippen LogP contribution >= 0.6 is 0 Å². The molecule has 1 aromatic rings. The number of hydrogen-bond donors (Lipinski definition) is 0. The molecule has 1 rings (SSSR count). The topological polar surface area (TPSA) is 63.7 Å². The number of benzene rings is 1. The zero-order valence-corrected chi connectivity index (χ0v) is 13.1. The maximum Gasteiger partial charge on any atom is 0.339 e. The number of esters is 1. The van der Waals surface area contributed by atoms with Gasteiger partial charge in [0.15, 0.2) is 0 Å². The molecule has 0 spiro atoms. The van der Waals surface area contributed by atoms with Crippen LogP contribution in [0.15, 0.2) is 29.2 Å². The van der Waals surface area contributed by atoms with Crippen LogP contribution in [-0.2, 0) is 14.8 Å². The standard InChI is InChI=1S/C14H21NO4S/c1-5-11(6-2)15(3)20(17,18)13-10-8-7-9-12(13)14(16)19-4/h7-11H,5-6H2,1-4H3. The van der Waals surface area contributed by atoms with Gasteiger partial charge >= 0.3 is 5.97 Å². The number of carbonyl (C=O) groups is 1. The highest BCUT2D eigenvalue weighted by molar-refractivity contribution is 7.89. The second kappa shape index (κ2) is 6.85. The Labute approximate surface area is 120 Å². The van der Waals surface area contributed by atoms with Crippen LogP contribution in [0, 0.1) is 0 Å². The van der Waals surface area contributed by atoms with E-state index in [1.165, 1.54) is 23.5 Å². The van der Waals surface area contributed by atoms with Gasteiger partial charge in [0.25, 0.3) is 0 Å². The molecule has 0 aliphatic carbocycles. The Morgan fingerprint density at radius 2 is 1.80 bits per heavy atom. The lowest BCUT2D eigenvalue weighted by Crippen LogP contribution is -2.37. The fourth-order valence-electron chi connectivity index (χ4n) is 2.12. The Morgan fingerprint density at radius 3 is 2.30 bits per heavy atom. The summed E-state index contributed by atoms with van der Waals surface area (Å²) in [6, 6.07) is 6.01. The van der Waals surface area contributed by atoms with Crippen LogP contribution < -0.4 is 0 Å². The number of methoxy groups -OCH3 is 1. The predicted octanol–water partition coefficient (Wildman–Crippen LogP) is 2.28. The zero-order valence-electron chi connectivity index (χ0n) is 12.3. The van der Waals surface area contributed by atoms with Crippen LogP contribution in [0.2, 0.25) is 0 Å². The lowest BCUT2D eigenvalue weighted by atomic mass is 10.2. The Morgan fingerprint density at radius 1 is 1.25 bits per heavy atom. The summed E-state index contributed by atoms with van der Waals surface area (Å²) in [5, 5.41) is 0. The quantitative estimate of drug-likeness (QED) is 0.756. The number of nitrogens with zero attached hydrogens (tertiary/aromatic N) is 1. The summed E-state index contributed by atoms with van der Waals surface area (Å²) in [6.07, 6.45) is 1.43. The van der Waals surface area contributed by atoms with E-state index >= 15 is 0 Å². The van der Waals surface area contributed by atoms with E-state index in [2.05, 4.69) is 4.74 Å². The number of sulfonamides is 1. The molecule has 0 N–H and O–H groups in total. The molecule has 6 heteroatoms. The molecule has 0 aliphatic heterocycles. The van der Waals surface area contributed by atoms with Gasteiger partial charge in [-0.2, -0.15) is 4.31 Å². The molecular weight excluding hydrogens is 278 g/mol. The minimum absolute atomic E-state index is 0.0127. The van der Waals surface area contributed by atoms with Crippen molar-refractivity contribution in [2.45, 2.75) is 37.6 Å². The minimum Gasteiger partial charge on any atom is -0.465 e. The summed E-state index contributed by atoms with van der Waals surface area (Å²) in [5.41, 5.74) is 0.0628. The van der Waals surface area contributed by atoms with E-state index in [1.54, 1.807) is 19.2 Å². The number of rotatable bonds is 6. The summed E-state index contributed by atoms with van der Waals surface area (Å²) in [7, 11) is -0.940. The van der Waals surface area contributed by atoms with Crippen molar-refractivity contribution in [2.75, 3.05) is 14.2 Å². The van der Waals surface area contributed by atoms with Gasteiger partial charge in [-0.15, -0.1) is 0 Å². The lowest BCUT2D eigenvalue weighted by molar-refractivity contribution is 0.0596. The summed E-state index contributed by atoms with van der Waals surface area (Å²) < 4.78 is 31.3. The van der Waals surface area contributed by atoms with Crippen LogP contribution in [0.5, 0.6) is 0 Å². The number of ether oxygens (including phenoxy) is 1. The average molecular weight is 299 g/mol. The van der Waals surface area contributed by atoms with Crippen molar-refractivity contribution in [1.29, 1.82) is 0 Å². The predicted molar refractivity (Wildman–Crippen MR) is 77.1 cm³/mol. The van der Waals surface area contributed by atoms with E-state index in [9.17, 15) is 13.2 Å². The SMILES string of the molecule is CCC(CC)N(C)S(=O)(=O)c1ccccc1C(=O)OC. The van der Waals surface area contributed by atoms with Gasteiger partial charge in [0.05, 0.1) is 17.6 Å². The number of hydrogen-bond acceptors (Lipinski definition) is 4. The normalized spacial score (nSPS) is 11.9. The third-order valence-electron chi connectivity index (χ3n) is 3.41. The monoisotopic (exact) mass is 299 g/mol. The molecule has 0 heterocycles. The summed E-state index contributed by atoms with van der Waals surface area (Å²) >= 11 is 0. The Hall–Kier alpha value is -1.40. The first-order valence-electron chi connectivity index (χ1n) is 6.55. The molecule has 0 unspecified atom stereocenters. The van der Waals surface area contributed by atoms with E-state index in [0.29, 0.717) is 12.8 Å². The van der Waals surface area contributed by atoms with Crippen LogP contribution in [0.25, 0.3) is 0 Å². The minimum atomic E-state index is -3.72. The van der Waals surface area contributed by atoms with Crippen molar-refractivity contribution in [3.8, 4) is 0 Å². The maximum atomic E-state index is 12.7. The van der Waals surface area contributed by atoms with Gasteiger partial charge in [-0.3, -0.25) is 0 Å². The van der Waals surface area contributed by atoms with Crippen molar-refractivity contribution < 1.29 is 17.9 Å². The molecule has 0 fully saturated rings. The van der Waals surface area contributed by atoms with E-state index < -0.39 is 16.0 Å². The number of carbonyl (C=O) groups excluding carboxylic acids is 1. The molecule has 20 heavy (non-hydrogen) atoms. The second-order valence-electron chi connectivity index (χ2n) is 4.48. The molecule has 0 aliphatic rings. The molecule has 112 valence electrons. The van der Waals surface area contributed by atoms with Gasteiger partial charge in [-0.25, -0.2) is 13.2 Å². The van der Waals surface area contributed by atoms with E-state index in [-0.39, 0.29) is 16.5 Å².